The molecule has 0 atom stereocenters. The Labute approximate surface area is 150 Å². The van der Waals surface area contributed by atoms with Gasteiger partial charge in [-0.25, -0.2) is 9.37 Å². The molecule has 2 aromatic rings. The number of aromatic nitrogens is 1. The van der Waals surface area contributed by atoms with Crippen LogP contribution in [0.5, 0.6) is 5.75 Å². The maximum absolute atomic E-state index is 13.7. The topological polar surface area (TPSA) is 60.5 Å². The fourth-order valence-corrected chi connectivity index (χ4v) is 3.46. The van der Waals surface area contributed by atoms with Crippen molar-refractivity contribution < 1.29 is 18.7 Å². The number of carbonyl (C=O) groups excluding carboxylic acids is 1. The molecule has 0 saturated heterocycles. The Morgan fingerprint density at radius 1 is 1.40 bits per heavy atom. The van der Waals surface area contributed by atoms with Gasteiger partial charge in [0, 0.05) is 17.5 Å². The highest BCUT2D eigenvalue weighted by molar-refractivity contribution is 7.13. The lowest BCUT2D eigenvalue weighted by atomic mass is 9.98. The summed E-state index contributed by atoms with van der Waals surface area (Å²) >= 11 is 1.40. The first-order valence-corrected chi connectivity index (χ1v) is 8.92. The van der Waals surface area contributed by atoms with Gasteiger partial charge in [-0.1, -0.05) is 20.8 Å². The lowest BCUT2D eigenvalue weighted by Gasteiger charge is -2.20. The molecule has 0 unspecified atom stereocenters. The van der Waals surface area contributed by atoms with E-state index < -0.39 is 0 Å². The second-order valence-corrected chi connectivity index (χ2v) is 7.98. The minimum Gasteiger partial charge on any atom is -0.467 e. The van der Waals surface area contributed by atoms with E-state index in [0.29, 0.717) is 35.8 Å². The molecule has 1 N–H and O–H groups in total. The number of carbonyl (C=O) groups is 1. The molecule has 1 aliphatic rings. The fourth-order valence-electron chi connectivity index (χ4n) is 2.57. The van der Waals surface area contributed by atoms with Gasteiger partial charge in [-0.2, -0.15) is 0 Å². The zero-order chi connectivity index (χ0) is 18.0. The molecular weight excluding hydrogens is 343 g/mol. The quantitative estimate of drug-likeness (QED) is 0.903. The molecule has 0 aliphatic carbocycles. The monoisotopic (exact) mass is 364 g/mol. The summed E-state index contributed by atoms with van der Waals surface area (Å²) in [4.78, 5) is 17.2. The van der Waals surface area contributed by atoms with Crippen molar-refractivity contribution in [3.05, 3.63) is 45.2 Å². The first-order valence-electron chi connectivity index (χ1n) is 8.11. The third-order valence-corrected chi connectivity index (χ3v) is 5.22. The van der Waals surface area contributed by atoms with Crippen LogP contribution in [-0.2, 0) is 23.2 Å². The van der Waals surface area contributed by atoms with Crippen LogP contribution in [0.15, 0.2) is 18.3 Å². The number of nitrogens with one attached hydrogen (secondary N) is 1. The summed E-state index contributed by atoms with van der Waals surface area (Å²) in [5, 5.41) is 3.78. The van der Waals surface area contributed by atoms with Crippen molar-refractivity contribution in [3.63, 3.8) is 0 Å². The summed E-state index contributed by atoms with van der Waals surface area (Å²) in [7, 11) is 0. The number of ether oxygens (including phenoxy) is 2. The minimum atomic E-state index is -0.327. The average Bonchev–Trinajstić information content (AvgIpc) is 3.05. The Bertz CT molecular complexity index is 783. The van der Waals surface area contributed by atoms with E-state index in [1.54, 1.807) is 6.20 Å². The van der Waals surface area contributed by atoms with Crippen molar-refractivity contribution in [2.45, 2.75) is 39.2 Å². The van der Waals surface area contributed by atoms with Gasteiger partial charge in [0.25, 0.3) is 5.91 Å². The first-order chi connectivity index (χ1) is 11.8. The summed E-state index contributed by atoms with van der Waals surface area (Å²) in [6, 6.07) is 2.86. The molecule has 0 spiro atoms. The van der Waals surface area contributed by atoms with Crippen molar-refractivity contribution in [3.8, 4) is 5.75 Å². The van der Waals surface area contributed by atoms with E-state index >= 15 is 0 Å². The number of benzene rings is 1. The molecule has 1 aliphatic heterocycles. The summed E-state index contributed by atoms with van der Waals surface area (Å²) in [6.07, 6.45) is 2.09. The van der Waals surface area contributed by atoms with Crippen LogP contribution in [0.4, 0.5) is 4.39 Å². The number of hydrogen-bond donors (Lipinski definition) is 1. The van der Waals surface area contributed by atoms with E-state index in [1.165, 1.54) is 23.5 Å². The van der Waals surface area contributed by atoms with Crippen LogP contribution in [0.1, 0.15) is 46.6 Å². The molecule has 134 valence electrons. The Morgan fingerprint density at radius 2 is 2.20 bits per heavy atom. The highest BCUT2D eigenvalue weighted by Crippen LogP contribution is 2.30. The second-order valence-electron chi connectivity index (χ2n) is 6.95. The maximum Gasteiger partial charge on any atom is 0.263 e. The SMILES string of the molecule is CC(C)(C)c1ncc(C(=O)NCCc2cc(F)cc3c2OCOC3)s1. The maximum atomic E-state index is 13.7. The highest BCUT2D eigenvalue weighted by Gasteiger charge is 2.21. The van der Waals surface area contributed by atoms with Crippen LogP contribution in [0, 0.1) is 5.82 Å². The zero-order valence-corrected chi connectivity index (χ0v) is 15.3. The fraction of sp³-hybridized carbons (Fsp3) is 0.444. The number of nitrogens with zero attached hydrogens (tertiary/aromatic N) is 1. The lowest BCUT2D eigenvalue weighted by molar-refractivity contribution is -0.0172. The number of rotatable bonds is 4. The molecule has 1 aromatic carbocycles. The number of halogens is 1. The van der Waals surface area contributed by atoms with Gasteiger partial charge in [0.2, 0.25) is 0 Å². The first kappa shape index (κ1) is 17.8. The van der Waals surface area contributed by atoms with Crippen molar-refractivity contribution in [2.24, 2.45) is 0 Å². The number of amides is 1. The number of hydrogen-bond acceptors (Lipinski definition) is 5. The predicted octanol–water partition coefficient (Wildman–Crippen LogP) is 3.42. The molecule has 5 nitrogen and oxygen atoms in total. The smallest absolute Gasteiger partial charge is 0.263 e. The van der Waals surface area contributed by atoms with Gasteiger partial charge in [-0.15, -0.1) is 11.3 Å². The van der Waals surface area contributed by atoms with Crippen LogP contribution in [0.3, 0.4) is 0 Å². The van der Waals surface area contributed by atoms with Crippen LogP contribution in [0.2, 0.25) is 0 Å². The molecule has 1 aromatic heterocycles. The Balaban J connectivity index is 1.62. The largest absolute Gasteiger partial charge is 0.467 e. The molecule has 3 rings (SSSR count). The molecule has 0 fully saturated rings. The predicted molar refractivity (Wildman–Crippen MR) is 93.5 cm³/mol. The molecule has 7 heteroatoms. The van der Waals surface area contributed by atoms with E-state index in [2.05, 4.69) is 31.1 Å². The minimum absolute atomic E-state index is 0.0801. The van der Waals surface area contributed by atoms with E-state index in [0.717, 1.165) is 10.6 Å². The highest BCUT2D eigenvalue weighted by atomic mass is 32.1. The van der Waals surface area contributed by atoms with E-state index in [4.69, 9.17) is 9.47 Å². The normalized spacial score (nSPS) is 13.9. The summed E-state index contributed by atoms with van der Waals surface area (Å²) < 4.78 is 24.4. The molecule has 0 bridgehead atoms. The second kappa shape index (κ2) is 7.09. The van der Waals surface area contributed by atoms with E-state index in [9.17, 15) is 9.18 Å². The van der Waals surface area contributed by atoms with Gasteiger partial charge < -0.3 is 14.8 Å². The van der Waals surface area contributed by atoms with Crippen LogP contribution in [-0.4, -0.2) is 24.2 Å². The van der Waals surface area contributed by atoms with Crippen LogP contribution in [0.25, 0.3) is 0 Å². The Morgan fingerprint density at radius 3 is 2.92 bits per heavy atom. The number of thiazole rings is 1. The third kappa shape index (κ3) is 4.16. The van der Waals surface area contributed by atoms with Crippen molar-refractivity contribution in [2.75, 3.05) is 13.3 Å². The van der Waals surface area contributed by atoms with E-state index in [-0.39, 0.29) is 23.9 Å². The molecule has 25 heavy (non-hydrogen) atoms. The zero-order valence-electron chi connectivity index (χ0n) is 14.5. The Kier molecular flexibility index (Phi) is 5.06. The van der Waals surface area contributed by atoms with Gasteiger partial charge in [0.05, 0.1) is 17.8 Å². The van der Waals surface area contributed by atoms with Gasteiger partial charge >= 0.3 is 0 Å². The summed E-state index contributed by atoms with van der Waals surface area (Å²) in [6.45, 7) is 7.07. The molecular formula is C18H21FN2O3S. The van der Waals surface area contributed by atoms with Crippen LogP contribution < -0.4 is 10.1 Å². The summed E-state index contributed by atoms with van der Waals surface area (Å²) in [5.41, 5.74) is 1.35. The van der Waals surface area contributed by atoms with Gasteiger partial charge in [-0.05, 0) is 24.1 Å². The van der Waals surface area contributed by atoms with Crippen molar-refractivity contribution in [1.29, 1.82) is 0 Å². The Hall–Kier alpha value is -1.99. The molecule has 0 saturated carbocycles. The van der Waals surface area contributed by atoms with Gasteiger partial charge in [0.1, 0.15) is 16.4 Å². The summed E-state index contributed by atoms with van der Waals surface area (Å²) in [5.74, 6) is 0.170. The molecule has 0 radical (unpaired) electrons. The lowest BCUT2D eigenvalue weighted by Crippen LogP contribution is -2.25. The van der Waals surface area contributed by atoms with Gasteiger partial charge in [0.15, 0.2) is 6.79 Å². The van der Waals surface area contributed by atoms with Crippen LogP contribution >= 0.6 is 11.3 Å². The standard InChI is InChI=1S/C18H21FN2O3S/c1-18(2,3)17-21-8-14(25-17)16(22)20-5-4-11-6-13(19)7-12-9-23-10-24-15(11)12/h6-8H,4-5,9-10H2,1-3H3,(H,20,22). The van der Waals surface area contributed by atoms with Gasteiger partial charge in [-0.3, -0.25) is 4.79 Å². The molecule has 1 amide bonds. The van der Waals surface area contributed by atoms with E-state index in [1.807, 2.05) is 0 Å². The third-order valence-electron chi connectivity index (χ3n) is 3.80. The number of fused-ring (bicyclic) bond motifs is 1. The molecule has 2 heterocycles. The van der Waals surface area contributed by atoms with Crippen molar-refractivity contribution >= 4 is 17.2 Å². The van der Waals surface area contributed by atoms with Crippen molar-refractivity contribution in [1.82, 2.24) is 10.3 Å². The average molecular weight is 364 g/mol.